The fourth-order valence-corrected chi connectivity index (χ4v) is 2.78. The first-order chi connectivity index (χ1) is 7.88. The van der Waals surface area contributed by atoms with E-state index >= 15 is 0 Å². The predicted octanol–water partition coefficient (Wildman–Crippen LogP) is 3.78. The second-order valence-corrected chi connectivity index (χ2v) is 6.31. The molecule has 0 aliphatic heterocycles. The summed E-state index contributed by atoms with van der Waals surface area (Å²) in [6, 6.07) is 0. The lowest BCUT2D eigenvalue weighted by molar-refractivity contribution is -0.140. The summed E-state index contributed by atoms with van der Waals surface area (Å²) in [5.74, 6) is 0.274. The van der Waals surface area contributed by atoms with Gasteiger partial charge in [0.1, 0.15) is 11.6 Å². The van der Waals surface area contributed by atoms with E-state index in [1.807, 2.05) is 27.7 Å². The van der Waals surface area contributed by atoms with Crippen molar-refractivity contribution in [3.63, 3.8) is 0 Å². The maximum Gasteiger partial charge on any atom is 0.148 e. The van der Waals surface area contributed by atoms with Gasteiger partial charge >= 0.3 is 0 Å². The number of carbonyl (C=O) groups excluding carboxylic acids is 2. The Morgan fingerprint density at radius 3 is 2.06 bits per heavy atom. The monoisotopic (exact) mass is 238 g/mol. The molecule has 1 fully saturated rings. The second kappa shape index (κ2) is 5.79. The average Bonchev–Trinajstić information content (AvgIpc) is 2.29. The smallest absolute Gasteiger partial charge is 0.148 e. The minimum Gasteiger partial charge on any atom is -0.299 e. The molecule has 1 unspecified atom stereocenters. The van der Waals surface area contributed by atoms with Crippen LogP contribution in [-0.2, 0) is 9.59 Å². The summed E-state index contributed by atoms with van der Waals surface area (Å²) in [5, 5.41) is 0. The molecule has 1 saturated carbocycles. The summed E-state index contributed by atoms with van der Waals surface area (Å²) in [6.45, 7) is 7.64. The molecule has 1 rings (SSSR count). The molecule has 0 heterocycles. The molecule has 0 spiro atoms. The van der Waals surface area contributed by atoms with Crippen LogP contribution in [0.4, 0.5) is 0 Å². The van der Waals surface area contributed by atoms with E-state index in [0.29, 0.717) is 12.3 Å². The number of rotatable bonds is 4. The summed E-state index contributed by atoms with van der Waals surface area (Å²) in [6.07, 6.45) is 6.21. The number of carbonyl (C=O) groups is 2. The van der Waals surface area contributed by atoms with Gasteiger partial charge in [-0.05, 0) is 18.8 Å². The van der Waals surface area contributed by atoms with Gasteiger partial charge in [0.2, 0.25) is 0 Å². The van der Waals surface area contributed by atoms with Gasteiger partial charge in [-0.1, -0.05) is 47.0 Å². The molecule has 0 radical (unpaired) electrons. The van der Waals surface area contributed by atoms with E-state index in [9.17, 15) is 9.59 Å². The molecular formula is C15H26O2. The Morgan fingerprint density at radius 1 is 1.12 bits per heavy atom. The molecule has 0 aromatic heterocycles. The Labute approximate surface area is 105 Å². The normalized spacial score (nSPS) is 20.0. The van der Waals surface area contributed by atoms with Crippen LogP contribution in [0.25, 0.3) is 0 Å². The Hall–Kier alpha value is -0.660. The first-order valence-corrected chi connectivity index (χ1v) is 6.95. The highest BCUT2D eigenvalue weighted by Crippen LogP contribution is 2.35. The maximum absolute atomic E-state index is 12.4. The van der Waals surface area contributed by atoms with E-state index in [0.717, 1.165) is 12.8 Å². The summed E-state index contributed by atoms with van der Waals surface area (Å²) in [7, 11) is 0. The lowest BCUT2D eigenvalue weighted by atomic mass is 9.70. The van der Waals surface area contributed by atoms with Gasteiger partial charge < -0.3 is 0 Å². The number of hydrogen-bond acceptors (Lipinski definition) is 2. The summed E-state index contributed by atoms with van der Waals surface area (Å²) >= 11 is 0. The van der Waals surface area contributed by atoms with E-state index in [4.69, 9.17) is 0 Å². The highest BCUT2D eigenvalue weighted by Gasteiger charge is 2.39. The zero-order valence-electron chi connectivity index (χ0n) is 11.7. The van der Waals surface area contributed by atoms with Crippen molar-refractivity contribution in [3.05, 3.63) is 0 Å². The highest BCUT2D eigenvalue weighted by molar-refractivity contribution is 6.04. The van der Waals surface area contributed by atoms with Crippen molar-refractivity contribution in [1.82, 2.24) is 0 Å². The molecule has 0 saturated heterocycles. The Bertz CT molecular complexity index is 280. The molecule has 2 heteroatoms. The fraction of sp³-hybridized carbons (Fsp3) is 0.867. The first-order valence-electron chi connectivity index (χ1n) is 6.95. The number of ketones is 2. The van der Waals surface area contributed by atoms with E-state index < -0.39 is 5.41 Å². The van der Waals surface area contributed by atoms with Gasteiger partial charge in [-0.25, -0.2) is 0 Å². The Morgan fingerprint density at radius 2 is 1.65 bits per heavy atom. The van der Waals surface area contributed by atoms with Gasteiger partial charge in [-0.3, -0.25) is 9.59 Å². The van der Waals surface area contributed by atoms with Crippen molar-refractivity contribution in [1.29, 1.82) is 0 Å². The highest BCUT2D eigenvalue weighted by atomic mass is 16.2. The first kappa shape index (κ1) is 14.4. The van der Waals surface area contributed by atoms with Crippen LogP contribution in [0.15, 0.2) is 0 Å². The van der Waals surface area contributed by atoms with Crippen molar-refractivity contribution in [2.45, 2.75) is 66.2 Å². The van der Waals surface area contributed by atoms with Crippen LogP contribution >= 0.6 is 0 Å². The maximum atomic E-state index is 12.4. The second-order valence-electron chi connectivity index (χ2n) is 6.31. The number of hydrogen-bond donors (Lipinski definition) is 0. The van der Waals surface area contributed by atoms with Crippen molar-refractivity contribution in [3.8, 4) is 0 Å². The molecule has 0 bridgehead atoms. The van der Waals surface area contributed by atoms with Gasteiger partial charge in [0.05, 0.1) is 5.92 Å². The average molecular weight is 238 g/mol. The van der Waals surface area contributed by atoms with Crippen LogP contribution < -0.4 is 0 Å². The van der Waals surface area contributed by atoms with Crippen molar-refractivity contribution in [2.24, 2.45) is 17.3 Å². The molecule has 0 N–H and O–H groups in total. The minimum absolute atomic E-state index is 0.149. The van der Waals surface area contributed by atoms with Gasteiger partial charge in [0.15, 0.2) is 0 Å². The lowest BCUT2D eigenvalue weighted by Gasteiger charge is -2.32. The lowest BCUT2D eigenvalue weighted by Crippen LogP contribution is -2.39. The van der Waals surface area contributed by atoms with Gasteiger partial charge in [0, 0.05) is 11.8 Å². The van der Waals surface area contributed by atoms with Gasteiger partial charge in [-0.2, -0.15) is 0 Å². The zero-order chi connectivity index (χ0) is 13.1. The molecule has 1 aliphatic rings. The van der Waals surface area contributed by atoms with Crippen molar-refractivity contribution in [2.75, 3.05) is 0 Å². The quantitative estimate of drug-likeness (QED) is 0.698. The molecule has 2 nitrogen and oxygen atoms in total. The van der Waals surface area contributed by atoms with Gasteiger partial charge in [0.25, 0.3) is 0 Å². The minimum atomic E-state index is -0.396. The van der Waals surface area contributed by atoms with E-state index in [-0.39, 0.29) is 17.5 Å². The number of Topliss-reactive ketones (excluding diaryl/α,β-unsaturated/α-hetero) is 2. The van der Waals surface area contributed by atoms with Crippen molar-refractivity contribution >= 4 is 11.6 Å². The van der Waals surface area contributed by atoms with E-state index in [2.05, 4.69) is 0 Å². The van der Waals surface area contributed by atoms with Crippen molar-refractivity contribution < 1.29 is 9.59 Å². The molecule has 0 amide bonds. The topological polar surface area (TPSA) is 34.1 Å². The molecule has 98 valence electrons. The molecule has 1 aliphatic carbocycles. The molecule has 0 aromatic carbocycles. The van der Waals surface area contributed by atoms with E-state index in [1.165, 1.54) is 19.3 Å². The Balaban J connectivity index is 2.87. The molecule has 0 aromatic rings. The third-order valence-electron chi connectivity index (χ3n) is 3.84. The van der Waals surface area contributed by atoms with Crippen LogP contribution in [0.3, 0.4) is 0 Å². The predicted molar refractivity (Wildman–Crippen MR) is 69.8 cm³/mol. The third-order valence-corrected chi connectivity index (χ3v) is 3.84. The van der Waals surface area contributed by atoms with Crippen LogP contribution in [0.5, 0.6) is 0 Å². The summed E-state index contributed by atoms with van der Waals surface area (Å²) in [5.41, 5.74) is -0.396. The van der Waals surface area contributed by atoms with Crippen LogP contribution in [-0.4, -0.2) is 11.6 Å². The van der Waals surface area contributed by atoms with E-state index in [1.54, 1.807) is 0 Å². The Kier molecular flexibility index (Phi) is 4.91. The zero-order valence-corrected chi connectivity index (χ0v) is 11.7. The largest absolute Gasteiger partial charge is 0.299 e. The molecular weight excluding hydrogens is 212 g/mol. The summed E-state index contributed by atoms with van der Waals surface area (Å²) < 4.78 is 0. The SMILES string of the molecule is CCC(=O)C(C(=O)C(C)(C)C)C1CCCCC1. The molecule has 1 atom stereocenters. The third kappa shape index (κ3) is 3.65. The van der Waals surface area contributed by atoms with Crippen LogP contribution in [0, 0.1) is 17.3 Å². The standard InChI is InChI=1S/C15H26O2/c1-5-12(16)13(14(17)15(2,3)4)11-9-7-6-8-10-11/h11,13H,5-10H2,1-4H3. The van der Waals surface area contributed by atoms with Crippen LogP contribution in [0.1, 0.15) is 66.2 Å². The molecule has 17 heavy (non-hydrogen) atoms. The fourth-order valence-electron chi connectivity index (χ4n) is 2.78. The van der Waals surface area contributed by atoms with Crippen LogP contribution in [0.2, 0.25) is 0 Å². The summed E-state index contributed by atoms with van der Waals surface area (Å²) in [4.78, 5) is 24.5. The van der Waals surface area contributed by atoms with Gasteiger partial charge in [-0.15, -0.1) is 0 Å².